The summed E-state index contributed by atoms with van der Waals surface area (Å²) in [6.45, 7) is 7.30. The molecule has 7 aromatic rings. The minimum absolute atomic E-state index is 0. The average molecular weight is 973 g/mol. The molecule has 0 saturated heterocycles. The Morgan fingerprint density at radius 2 is 1.50 bits per heavy atom. The molecule has 299 valence electrons. The predicted octanol–water partition coefficient (Wildman–Crippen LogP) is 14.2. The number of rotatable bonds is 8. The molecule has 4 fully saturated rings. The molecule has 4 aromatic carbocycles. The maximum Gasteiger partial charge on any atom is 0.0798 e. The summed E-state index contributed by atoms with van der Waals surface area (Å²) < 4.78 is 2.62. The topological polar surface area (TPSA) is 25.8 Å². The van der Waals surface area contributed by atoms with Crippen LogP contribution in [0.5, 0.6) is 0 Å². The van der Waals surface area contributed by atoms with E-state index in [1.54, 1.807) is 10.8 Å². The molecule has 3 heterocycles. The molecule has 5 heteroatoms. The summed E-state index contributed by atoms with van der Waals surface area (Å²) >= 11 is 1.87. The second kappa shape index (κ2) is 18.3. The van der Waals surface area contributed by atoms with Crippen molar-refractivity contribution < 1.29 is 20.1 Å². The van der Waals surface area contributed by atoms with Gasteiger partial charge in [-0.2, -0.15) is 11.3 Å². The van der Waals surface area contributed by atoms with E-state index in [1.807, 2.05) is 29.7 Å². The second-order valence-electron chi connectivity index (χ2n) is 18.3. The van der Waals surface area contributed by atoms with Crippen molar-refractivity contribution in [2.24, 2.45) is 23.7 Å². The van der Waals surface area contributed by atoms with Gasteiger partial charge in [0.2, 0.25) is 0 Å². The molecule has 1 radical (unpaired) electrons. The van der Waals surface area contributed by atoms with E-state index in [9.17, 15) is 0 Å². The summed E-state index contributed by atoms with van der Waals surface area (Å²) in [6.07, 6.45) is 21.0. The Labute approximate surface area is 365 Å². The zero-order valence-electron chi connectivity index (χ0n) is 34.4. The van der Waals surface area contributed by atoms with Crippen molar-refractivity contribution in [3.05, 3.63) is 139 Å². The third kappa shape index (κ3) is 9.19. The van der Waals surface area contributed by atoms with Gasteiger partial charge in [0.1, 0.15) is 0 Å². The normalized spacial score (nSPS) is 19.4. The van der Waals surface area contributed by atoms with Gasteiger partial charge in [-0.15, -0.1) is 59.7 Å². The molecule has 4 aliphatic rings. The van der Waals surface area contributed by atoms with Crippen molar-refractivity contribution in [1.82, 2.24) is 9.97 Å². The van der Waals surface area contributed by atoms with E-state index in [0.717, 1.165) is 46.2 Å². The number of fused-ring (bicyclic) bond motifs is 6. The van der Waals surface area contributed by atoms with Crippen molar-refractivity contribution in [2.45, 2.75) is 96.7 Å². The molecule has 1 unspecified atom stereocenters. The Kier molecular flexibility index (Phi) is 12.9. The first-order valence-electron chi connectivity index (χ1n) is 21.7. The Morgan fingerprint density at radius 1 is 0.690 bits per heavy atom. The van der Waals surface area contributed by atoms with Gasteiger partial charge < -0.3 is 9.97 Å². The molecule has 2 bridgehead atoms. The number of benzene rings is 4. The molecule has 0 aliphatic heterocycles. The van der Waals surface area contributed by atoms with Crippen LogP contribution in [0, 0.1) is 35.8 Å². The van der Waals surface area contributed by atoms with Gasteiger partial charge >= 0.3 is 0 Å². The molecule has 2 nitrogen and oxygen atoms in total. The minimum Gasteiger partial charge on any atom is -0.305 e. The van der Waals surface area contributed by atoms with E-state index in [4.69, 9.17) is 9.97 Å². The van der Waals surface area contributed by atoms with Crippen LogP contribution in [-0.4, -0.2) is 18.0 Å². The fourth-order valence-electron chi connectivity index (χ4n) is 10.3. The molecule has 4 aliphatic carbocycles. The van der Waals surface area contributed by atoms with Crippen LogP contribution in [0.1, 0.15) is 75.3 Å². The van der Waals surface area contributed by atoms with Crippen molar-refractivity contribution in [3.8, 4) is 33.6 Å². The zero-order valence-corrected chi connectivity index (χ0v) is 38.6. The number of pyridine rings is 2. The van der Waals surface area contributed by atoms with Crippen molar-refractivity contribution >= 4 is 44.8 Å². The van der Waals surface area contributed by atoms with Crippen LogP contribution in [0.2, 0.25) is 19.6 Å². The Balaban J connectivity index is 0.000000172. The molecule has 11 rings (SSSR count). The van der Waals surface area contributed by atoms with Gasteiger partial charge in [0.25, 0.3) is 0 Å². The minimum atomic E-state index is -1.36. The summed E-state index contributed by atoms with van der Waals surface area (Å²) in [4.78, 5) is 9.58. The van der Waals surface area contributed by atoms with Gasteiger partial charge in [-0.25, -0.2) is 0 Å². The van der Waals surface area contributed by atoms with E-state index in [0.29, 0.717) is 0 Å². The van der Waals surface area contributed by atoms with Gasteiger partial charge in [-0.1, -0.05) is 130 Å². The standard InChI is InChI=1S/C32H28NS.C21H28NSi.Ir/c1-2-5-23(6-3-1)25-13-14-31-29(20-25)27-7-4-8-28(32(27)34-31)30-19-22(15-16-33-30)18-26-17-21-9-11-24(26)12-10-21;1-23(2,3)21-16-22-20(18-12-8-5-9-13-18)15-19(21)14-17-10-6-4-7-11-17;/h1-7,13-16,19-21,24,26H,9-12,17-18H2;5,8-9,12,15-17H,4,6-7,10-11,14H2,1-3H3;/q2*-1;. The molecule has 0 N–H and O–H groups in total. The van der Waals surface area contributed by atoms with Crippen LogP contribution in [0.25, 0.3) is 53.8 Å². The van der Waals surface area contributed by atoms with Crippen LogP contribution in [0.15, 0.2) is 116 Å². The molecule has 0 amide bonds. The van der Waals surface area contributed by atoms with Gasteiger partial charge in [0, 0.05) is 37.2 Å². The molecular weight excluding hydrogens is 917 g/mol. The number of aromatic nitrogens is 2. The van der Waals surface area contributed by atoms with E-state index in [1.165, 1.54) is 114 Å². The van der Waals surface area contributed by atoms with E-state index < -0.39 is 8.07 Å². The molecule has 0 spiro atoms. The third-order valence-electron chi connectivity index (χ3n) is 13.3. The molecule has 3 aromatic heterocycles. The number of hydrogen-bond donors (Lipinski definition) is 0. The maximum absolute atomic E-state index is 4.81. The zero-order chi connectivity index (χ0) is 38.8. The Hall–Kier alpha value is -3.73. The summed E-state index contributed by atoms with van der Waals surface area (Å²) in [5.41, 5.74) is 9.93. The maximum atomic E-state index is 4.81. The van der Waals surface area contributed by atoms with E-state index >= 15 is 0 Å². The first-order chi connectivity index (χ1) is 27.9. The van der Waals surface area contributed by atoms with Crippen molar-refractivity contribution in [3.63, 3.8) is 0 Å². The third-order valence-corrected chi connectivity index (χ3v) is 16.6. The van der Waals surface area contributed by atoms with Crippen molar-refractivity contribution in [1.29, 1.82) is 0 Å². The van der Waals surface area contributed by atoms with Crippen LogP contribution < -0.4 is 5.19 Å². The fourth-order valence-corrected chi connectivity index (χ4v) is 13.1. The summed E-state index contributed by atoms with van der Waals surface area (Å²) in [7, 11) is -1.36. The van der Waals surface area contributed by atoms with Gasteiger partial charge in [0.05, 0.1) is 8.07 Å². The van der Waals surface area contributed by atoms with Crippen LogP contribution in [-0.2, 0) is 32.9 Å². The summed E-state index contributed by atoms with van der Waals surface area (Å²) in [6, 6.07) is 43.8. The van der Waals surface area contributed by atoms with Gasteiger partial charge in [0.15, 0.2) is 0 Å². The summed E-state index contributed by atoms with van der Waals surface area (Å²) in [5, 5.41) is 4.18. The van der Waals surface area contributed by atoms with Gasteiger partial charge in [-0.05, 0) is 112 Å². The van der Waals surface area contributed by atoms with E-state index in [-0.39, 0.29) is 20.1 Å². The van der Waals surface area contributed by atoms with Crippen molar-refractivity contribution in [2.75, 3.05) is 0 Å². The number of hydrogen-bond acceptors (Lipinski definition) is 3. The second-order valence-corrected chi connectivity index (χ2v) is 24.4. The molecular formula is C53H56IrN2SSi-2. The number of thiophene rings is 1. The summed E-state index contributed by atoms with van der Waals surface area (Å²) in [5.74, 6) is 3.66. The largest absolute Gasteiger partial charge is 0.305 e. The Bertz CT molecular complexity index is 2440. The predicted molar refractivity (Wildman–Crippen MR) is 246 cm³/mol. The van der Waals surface area contributed by atoms with Crippen LogP contribution >= 0.6 is 11.3 Å². The fraction of sp³-hybridized carbons (Fsp3) is 0.358. The van der Waals surface area contributed by atoms with E-state index in [2.05, 4.69) is 129 Å². The smallest absolute Gasteiger partial charge is 0.0798 e. The Morgan fingerprint density at radius 3 is 2.24 bits per heavy atom. The van der Waals surface area contributed by atoms with Crippen LogP contribution in [0.4, 0.5) is 0 Å². The quantitative estimate of drug-likeness (QED) is 0.112. The molecule has 58 heavy (non-hydrogen) atoms. The molecule has 4 saturated carbocycles. The first kappa shape index (κ1) is 41.0. The SMILES string of the molecule is C[Si](C)(C)c1cnc(-c2[c-]cccc2)cc1CC1CCCCC1.[Ir].[c-]1ccc2c(sc3ccc(-c4ccccc4)cc32)c1-c1cc(CC2CC3CCC2CC3)ccn1. The van der Waals surface area contributed by atoms with Crippen LogP contribution in [0.3, 0.4) is 0 Å². The number of nitrogens with zero attached hydrogens (tertiary/aromatic N) is 2. The monoisotopic (exact) mass is 973 g/mol. The molecule has 1 atom stereocenters. The first-order valence-corrected chi connectivity index (χ1v) is 26.0. The van der Waals surface area contributed by atoms with Gasteiger partial charge in [-0.3, -0.25) is 0 Å². The average Bonchev–Trinajstić information content (AvgIpc) is 3.63.